The first-order valence-corrected chi connectivity index (χ1v) is 10.3. The first-order chi connectivity index (χ1) is 15.1. The molecule has 1 N–H and O–H groups in total. The van der Waals surface area contributed by atoms with Crippen LogP contribution >= 0.6 is 0 Å². The minimum atomic E-state index is 0.0797. The van der Waals surface area contributed by atoms with E-state index in [-0.39, 0.29) is 6.04 Å². The molecular weight excluding hydrogens is 386 g/mol. The molecule has 0 spiro atoms. The molecule has 0 saturated heterocycles. The van der Waals surface area contributed by atoms with Gasteiger partial charge in [-0.25, -0.2) is 4.68 Å². The maximum atomic E-state index is 4.72. The minimum Gasteiger partial charge on any atom is -0.362 e. The summed E-state index contributed by atoms with van der Waals surface area (Å²) in [5.74, 6) is 1.49. The molecule has 1 unspecified atom stereocenters. The summed E-state index contributed by atoms with van der Waals surface area (Å²) in [6.07, 6.45) is 0. The van der Waals surface area contributed by atoms with Crippen molar-refractivity contribution in [1.82, 2.24) is 29.6 Å². The van der Waals surface area contributed by atoms with E-state index < -0.39 is 0 Å². The molecule has 7 heteroatoms. The lowest BCUT2D eigenvalue weighted by Crippen LogP contribution is -2.10. The molecule has 0 aliphatic carbocycles. The van der Waals surface area contributed by atoms with Crippen molar-refractivity contribution in [3.05, 3.63) is 89.7 Å². The Morgan fingerprint density at radius 2 is 1.61 bits per heavy atom. The molecule has 0 amide bonds. The fraction of sp³-hybridized carbons (Fsp3) is 0.167. The van der Waals surface area contributed by atoms with E-state index in [1.54, 1.807) is 4.52 Å². The van der Waals surface area contributed by atoms with Crippen LogP contribution in [0.25, 0.3) is 22.7 Å². The van der Waals surface area contributed by atoms with E-state index in [0.29, 0.717) is 5.65 Å². The van der Waals surface area contributed by atoms with Crippen molar-refractivity contribution >= 4 is 11.5 Å². The molecule has 154 valence electrons. The number of anilines is 1. The molecule has 0 fully saturated rings. The normalized spacial score (nSPS) is 12.2. The molecule has 0 bridgehead atoms. The van der Waals surface area contributed by atoms with Crippen LogP contribution in [0.4, 0.5) is 5.82 Å². The fourth-order valence-corrected chi connectivity index (χ4v) is 3.73. The number of nitrogens with zero attached hydrogens (tertiary/aromatic N) is 6. The molecule has 7 nitrogen and oxygen atoms in total. The van der Waals surface area contributed by atoms with Crippen molar-refractivity contribution in [2.24, 2.45) is 0 Å². The van der Waals surface area contributed by atoms with Crippen LogP contribution in [-0.2, 0) is 0 Å². The Morgan fingerprint density at radius 1 is 0.839 bits per heavy atom. The number of benzene rings is 2. The van der Waals surface area contributed by atoms with Gasteiger partial charge in [-0.2, -0.15) is 9.61 Å². The van der Waals surface area contributed by atoms with Crippen LogP contribution in [0.2, 0.25) is 0 Å². The van der Waals surface area contributed by atoms with Gasteiger partial charge in [-0.1, -0.05) is 42.5 Å². The highest BCUT2D eigenvalue weighted by Crippen LogP contribution is 2.22. The summed E-state index contributed by atoms with van der Waals surface area (Å²) in [6.45, 7) is 6.19. The summed E-state index contributed by atoms with van der Waals surface area (Å²) in [7, 11) is 0. The molecule has 5 aromatic rings. The van der Waals surface area contributed by atoms with E-state index in [1.807, 2.05) is 54.1 Å². The zero-order chi connectivity index (χ0) is 21.4. The topological polar surface area (TPSA) is 72.9 Å². The first kappa shape index (κ1) is 19.0. The van der Waals surface area contributed by atoms with Gasteiger partial charge in [-0.05, 0) is 56.7 Å². The second kappa shape index (κ2) is 7.68. The Labute approximate surface area is 180 Å². The van der Waals surface area contributed by atoms with Crippen molar-refractivity contribution in [3.63, 3.8) is 0 Å². The number of aromatic nitrogens is 6. The number of aryl methyl sites for hydroxylation is 2. The predicted octanol–water partition coefficient (Wildman–Crippen LogP) is 4.77. The highest BCUT2D eigenvalue weighted by atomic mass is 15.4. The van der Waals surface area contributed by atoms with Gasteiger partial charge in [-0.15, -0.1) is 15.3 Å². The van der Waals surface area contributed by atoms with Crippen LogP contribution in [0.5, 0.6) is 0 Å². The summed E-state index contributed by atoms with van der Waals surface area (Å²) >= 11 is 0. The average Bonchev–Trinajstić information content (AvgIpc) is 3.36. The van der Waals surface area contributed by atoms with E-state index in [2.05, 4.69) is 64.8 Å². The number of fused-ring (bicyclic) bond motifs is 1. The lowest BCUT2D eigenvalue weighted by molar-refractivity contribution is 0.824. The SMILES string of the molecule is Cc1cc(C)n(-c2ccc(C(C)Nc3ccc4nnc(-c5ccccc5)n4n3)cc2)n1. The van der Waals surface area contributed by atoms with E-state index in [9.17, 15) is 0 Å². The van der Waals surface area contributed by atoms with Crippen molar-refractivity contribution in [1.29, 1.82) is 0 Å². The summed E-state index contributed by atoms with van der Waals surface area (Å²) in [5.41, 5.74) is 6.05. The average molecular weight is 409 g/mol. The largest absolute Gasteiger partial charge is 0.362 e. The molecule has 0 aliphatic rings. The van der Waals surface area contributed by atoms with Gasteiger partial charge in [0.1, 0.15) is 5.82 Å². The number of hydrogen-bond acceptors (Lipinski definition) is 5. The van der Waals surface area contributed by atoms with E-state index in [4.69, 9.17) is 5.10 Å². The lowest BCUT2D eigenvalue weighted by atomic mass is 10.1. The molecule has 3 aromatic heterocycles. The molecule has 1 atom stereocenters. The van der Waals surface area contributed by atoms with Crippen LogP contribution in [0, 0.1) is 13.8 Å². The minimum absolute atomic E-state index is 0.0797. The molecule has 0 aliphatic heterocycles. The van der Waals surface area contributed by atoms with E-state index in [0.717, 1.165) is 34.3 Å². The Kier molecular flexibility index (Phi) is 4.71. The maximum absolute atomic E-state index is 4.72. The van der Waals surface area contributed by atoms with Crippen LogP contribution in [0.3, 0.4) is 0 Å². The Bertz CT molecular complexity index is 1330. The van der Waals surface area contributed by atoms with Gasteiger partial charge < -0.3 is 5.32 Å². The zero-order valence-electron chi connectivity index (χ0n) is 17.7. The van der Waals surface area contributed by atoms with Gasteiger partial charge in [0.05, 0.1) is 11.4 Å². The smallest absolute Gasteiger partial charge is 0.185 e. The summed E-state index contributed by atoms with van der Waals surface area (Å²) in [4.78, 5) is 0. The third kappa shape index (κ3) is 3.66. The molecule has 31 heavy (non-hydrogen) atoms. The van der Waals surface area contributed by atoms with Crippen LogP contribution < -0.4 is 5.32 Å². The summed E-state index contributed by atoms with van der Waals surface area (Å²) in [5, 5.41) is 21.3. The summed E-state index contributed by atoms with van der Waals surface area (Å²) < 4.78 is 3.74. The molecular formula is C24H23N7. The highest BCUT2D eigenvalue weighted by Gasteiger charge is 2.12. The van der Waals surface area contributed by atoms with E-state index >= 15 is 0 Å². The van der Waals surface area contributed by atoms with Gasteiger partial charge in [0.25, 0.3) is 0 Å². The monoisotopic (exact) mass is 409 g/mol. The van der Waals surface area contributed by atoms with Crippen LogP contribution in [0.15, 0.2) is 72.8 Å². The van der Waals surface area contributed by atoms with Gasteiger partial charge in [-0.3, -0.25) is 0 Å². The molecule has 2 aromatic carbocycles. The first-order valence-electron chi connectivity index (χ1n) is 10.3. The third-order valence-corrected chi connectivity index (χ3v) is 5.31. The Hall–Kier alpha value is -4.00. The molecule has 0 saturated carbocycles. The number of hydrogen-bond donors (Lipinski definition) is 1. The Balaban J connectivity index is 1.39. The van der Waals surface area contributed by atoms with Crippen LogP contribution in [-0.4, -0.2) is 29.6 Å². The summed E-state index contributed by atoms with van der Waals surface area (Å²) in [6, 6.07) is 24.4. The molecule has 3 heterocycles. The van der Waals surface area contributed by atoms with Crippen LogP contribution in [0.1, 0.15) is 29.9 Å². The second-order valence-corrected chi connectivity index (χ2v) is 7.67. The van der Waals surface area contributed by atoms with Gasteiger partial charge >= 0.3 is 0 Å². The van der Waals surface area contributed by atoms with Crippen molar-refractivity contribution in [2.45, 2.75) is 26.8 Å². The Morgan fingerprint density at radius 3 is 2.32 bits per heavy atom. The predicted molar refractivity (Wildman–Crippen MR) is 121 cm³/mol. The zero-order valence-corrected chi connectivity index (χ0v) is 17.7. The highest BCUT2D eigenvalue weighted by molar-refractivity contribution is 5.59. The van der Waals surface area contributed by atoms with Gasteiger partial charge in [0.15, 0.2) is 11.5 Å². The van der Waals surface area contributed by atoms with Gasteiger partial charge in [0, 0.05) is 17.3 Å². The van der Waals surface area contributed by atoms with Crippen molar-refractivity contribution in [3.8, 4) is 17.1 Å². The maximum Gasteiger partial charge on any atom is 0.185 e. The molecule has 5 rings (SSSR count). The molecule has 0 radical (unpaired) electrons. The third-order valence-electron chi connectivity index (χ3n) is 5.31. The standard InChI is InChI=1S/C24H23N7/c1-16-15-17(2)30(28-16)21-11-9-19(10-12-21)18(3)25-22-13-14-23-26-27-24(31(23)29-22)20-7-5-4-6-8-20/h4-15,18H,1-3H3,(H,25,29). The van der Waals surface area contributed by atoms with Crippen molar-refractivity contribution in [2.75, 3.05) is 5.32 Å². The van der Waals surface area contributed by atoms with Gasteiger partial charge in [0.2, 0.25) is 0 Å². The second-order valence-electron chi connectivity index (χ2n) is 7.67. The quantitative estimate of drug-likeness (QED) is 0.453. The fourth-order valence-electron chi connectivity index (χ4n) is 3.73. The van der Waals surface area contributed by atoms with Crippen molar-refractivity contribution < 1.29 is 0 Å². The number of nitrogens with one attached hydrogen (secondary N) is 1. The number of rotatable bonds is 5. The lowest BCUT2D eigenvalue weighted by Gasteiger charge is -2.16. The van der Waals surface area contributed by atoms with E-state index in [1.165, 1.54) is 5.56 Å².